The van der Waals surface area contributed by atoms with Crippen LogP contribution in [0.3, 0.4) is 0 Å². The topological polar surface area (TPSA) is 17.1 Å². The number of ketones is 1. The highest BCUT2D eigenvalue weighted by molar-refractivity contribution is 5.81. The molecular formula is C18H30O. The first kappa shape index (κ1) is 14.8. The maximum absolute atomic E-state index is 12.5. The van der Waals surface area contributed by atoms with Crippen LogP contribution in [0.25, 0.3) is 0 Å². The van der Waals surface area contributed by atoms with Crippen LogP contribution in [0.4, 0.5) is 0 Å². The minimum absolute atomic E-state index is 0.347. The zero-order valence-electron chi connectivity index (χ0n) is 12.7. The molecule has 0 aromatic heterocycles. The van der Waals surface area contributed by atoms with E-state index >= 15 is 0 Å². The van der Waals surface area contributed by atoms with Gasteiger partial charge in [0.05, 0.1) is 0 Å². The maximum Gasteiger partial charge on any atom is 0.136 e. The van der Waals surface area contributed by atoms with E-state index in [-0.39, 0.29) is 0 Å². The van der Waals surface area contributed by atoms with E-state index in [1.165, 1.54) is 38.5 Å². The van der Waals surface area contributed by atoms with Gasteiger partial charge in [0, 0.05) is 12.3 Å². The van der Waals surface area contributed by atoms with Crippen molar-refractivity contribution < 1.29 is 4.79 Å². The van der Waals surface area contributed by atoms with Crippen molar-refractivity contribution in [2.24, 2.45) is 29.6 Å². The highest BCUT2D eigenvalue weighted by Gasteiger charge is 2.37. The summed E-state index contributed by atoms with van der Waals surface area (Å²) in [5, 5.41) is 0. The van der Waals surface area contributed by atoms with E-state index in [4.69, 9.17) is 0 Å². The molecule has 0 amide bonds. The van der Waals surface area contributed by atoms with Gasteiger partial charge in [-0.3, -0.25) is 4.79 Å². The van der Waals surface area contributed by atoms with E-state index in [2.05, 4.69) is 20.4 Å². The molecule has 0 aromatic carbocycles. The number of carbonyl (C=O) groups is 1. The van der Waals surface area contributed by atoms with Gasteiger partial charge in [0.2, 0.25) is 0 Å². The Balaban J connectivity index is 1.97. The van der Waals surface area contributed by atoms with Crippen molar-refractivity contribution in [1.29, 1.82) is 0 Å². The van der Waals surface area contributed by atoms with Crippen molar-refractivity contribution in [3.05, 3.63) is 12.7 Å². The van der Waals surface area contributed by atoms with Crippen molar-refractivity contribution in [3.63, 3.8) is 0 Å². The summed E-state index contributed by atoms with van der Waals surface area (Å²) in [7, 11) is 0. The summed E-state index contributed by atoms with van der Waals surface area (Å²) in [6.07, 6.45) is 11.8. The minimum Gasteiger partial charge on any atom is -0.299 e. The highest BCUT2D eigenvalue weighted by atomic mass is 16.1. The van der Waals surface area contributed by atoms with Crippen molar-refractivity contribution >= 4 is 5.78 Å². The lowest BCUT2D eigenvalue weighted by atomic mass is 9.70. The van der Waals surface area contributed by atoms with Crippen LogP contribution in [0.2, 0.25) is 0 Å². The summed E-state index contributed by atoms with van der Waals surface area (Å²) in [6.45, 7) is 8.24. The molecule has 5 atom stereocenters. The quantitative estimate of drug-likeness (QED) is 0.636. The van der Waals surface area contributed by atoms with E-state index < -0.39 is 0 Å². The van der Waals surface area contributed by atoms with Gasteiger partial charge in [-0.1, -0.05) is 32.8 Å². The first-order valence-electron chi connectivity index (χ1n) is 8.29. The summed E-state index contributed by atoms with van der Waals surface area (Å²) in [4.78, 5) is 12.5. The maximum atomic E-state index is 12.5. The van der Waals surface area contributed by atoms with Gasteiger partial charge in [-0.25, -0.2) is 0 Å². The lowest BCUT2D eigenvalue weighted by molar-refractivity contribution is -0.126. The molecule has 2 aliphatic rings. The molecule has 1 heteroatoms. The van der Waals surface area contributed by atoms with Crippen molar-refractivity contribution in [3.8, 4) is 0 Å². The van der Waals surface area contributed by atoms with Crippen LogP contribution in [-0.4, -0.2) is 5.78 Å². The fourth-order valence-electron chi connectivity index (χ4n) is 4.28. The van der Waals surface area contributed by atoms with Gasteiger partial charge >= 0.3 is 0 Å². The summed E-state index contributed by atoms with van der Waals surface area (Å²) >= 11 is 0. The van der Waals surface area contributed by atoms with Crippen LogP contribution in [0.15, 0.2) is 12.7 Å². The number of hydrogen-bond acceptors (Lipinski definition) is 1. The number of fused-ring (bicyclic) bond motifs is 2. The second kappa shape index (κ2) is 6.72. The number of carbonyl (C=O) groups excluding carboxylic acids is 1. The highest BCUT2D eigenvalue weighted by Crippen LogP contribution is 2.45. The molecule has 0 spiro atoms. The predicted octanol–water partition coefficient (Wildman–Crippen LogP) is 5.01. The molecule has 2 fully saturated rings. The Morgan fingerprint density at radius 1 is 1.26 bits per heavy atom. The summed E-state index contributed by atoms with van der Waals surface area (Å²) in [6, 6.07) is 0. The minimum atomic E-state index is 0.347. The van der Waals surface area contributed by atoms with E-state index in [1.54, 1.807) is 0 Å². The molecule has 0 radical (unpaired) electrons. The van der Waals surface area contributed by atoms with E-state index in [0.29, 0.717) is 30.0 Å². The van der Waals surface area contributed by atoms with E-state index in [0.717, 1.165) is 18.3 Å². The molecule has 19 heavy (non-hydrogen) atoms. The molecule has 5 unspecified atom stereocenters. The third-order valence-electron chi connectivity index (χ3n) is 5.62. The largest absolute Gasteiger partial charge is 0.299 e. The van der Waals surface area contributed by atoms with Crippen LogP contribution >= 0.6 is 0 Å². The van der Waals surface area contributed by atoms with Crippen molar-refractivity contribution in [2.45, 2.75) is 65.2 Å². The molecule has 0 N–H and O–H groups in total. The fourth-order valence-corrected chi connectivity index (χ4v) is 4.28. The number of hydrogen-bond donors (Lipinski definition) is 0. The lowest BCUT2D eigenvalue weighted by Crippen LogP contribution is -2.30. The Hall–Kier alpha value is -0.590. The Bertz CT molecular complexity index is 320. The Kier molecular flexibility index (Phi) is 5.24. The van der Waals surface area contributed by atoms with Crippen LogP contribution in [-0.2, 0) is 4.79 Å². The molecule has 108 valence electrons. The van der Waals surface area contributed by atoms with Gasteiger partial charge < -0.3 is 0 Å². The Morgan fingerprint density at radius 3 is 2.74 bits per heavy atom. The average molecular weight is 262 g/mol. The number of Topliss-reactive ketones (excluding diaryl/α,β-unsaturated/α-hetero) is 1. The van der Waals surface area contributed by atoms with Gasteiger partial charge in [-0.15, -0.1) is 6.58 Å². The molecule has 0 aromatic rings. The zero-order chi connectivity index (χ0) is 13.8. The Labute approximate surface area is 118 Å². The smallest absolute Gasteiger partial charge is 0.136 e. The molecule has 2 saturated carbocycles. The SMILES string of the molecule is C=CC(C)CC(=O)C1CCC2CC(CC)CCC1C2. The van der Waals surface area contributed by atoms with Gasteiger partial charge in [-0.05, 0) is 55.8 Å². The van der Waals surface area contributed by atoms with Crippen LogP contribution in [0.5, 0.6) is 0 Å². The molecule has 0 heterocycles. The lowest BCUT2D eigenvalue weighted by Gasteiger charge is -2.34. The zero-order valence-corrected chi connectivity index (χ0v) is 12.7. The third kappa shape index (κ3) is 3.70. The summed E-state index contributed by atoms with van der Waals surface area (Å²) in [5.74, 6) is 3.77. The fraction of sp³-hybridized carbons (Fsp3) is 0.833. The van der Waals surface area contributed by atoms with Gasteiger partial charge in [-0.2, -0.15) is 0 Å². The molecule has 2 bridgehead atoms. The van der Waals surface area contributed by atoms with Crippen molar-refractivity contribution in [2.75, 3.05) is 0 Å². The standard InChI is InChI=1S/C18H30O/c1-4-13(3)10-18(19)17-9-7-15-11-14(5-2)6-8-16(17)12-15/h4,13-17H,1,5-12H2,2-3H3. The summed E-state index contributed by atoms with van der Waals surface area (Å²) < 4.78 is 0. The first-order chi connectivity index (χ1) is 9.13. The van der Waals surface area contributed by atoms with Gasteiger partial charge in [0.1, 0.15) is 5.78 Å². The van der Waals surface area contributed by atoms with Crippen LogP contribution in [0.1, 0.15) is 65.2 Å². The molecule has 2 rings (SSSR count). The average Bonchev–Trinajstić information content (AvgIpc) is 2.57. The van der Waals surface area contributed by atoms with Gasteiger partial charge in [0.25, 0.3) is 0 Å². The van der Waals surface area contributed by atoms with Crippen LogP contribution in [0, 0.1) is 29.6 Å². The first-order valence-corrected chi connectivity index (χ1v) is 8.29. The normalized spacial score (nSPS) is 36.3. The molecule has 1 nitrogen and oxygen atoms in total. The predicted molar refractivity (Wildman–Crippen MR) is 80.9 cm³/mol. The summed E-state index contributed by atoms with van der Waals surface area (Å²) in [5.41, 5.74) is 0. The van der Waals surface area contributed by atoms with Crippen LogP contribution < -0.4 is 0 Å². The second-order valence-electron chi connectivity index (χ2n) is 7.02. The molecule has 0 aliphatic heterocycles. The molecule has 0 saturated heterocycles. The van der Waals surface area contributed by atoms with Crippen molar-refractivity contribution in [1.82, 2.24) is 0 Å². The second-order valence-corrected chi connectivity index (χ2v) is 7.02. The molecule has 2 aliphatic carbocycles. The van der Waals surface area contributed by atoms with E-state index in [9.17, 15) is 4.79 Å². The number of rotatable bonds is 5. The Morgan fingerprint density at radius 2 is 2.05 bits per heavy atom. The van der Waals surface area contributed by atoms with E-state index in [1.807, 2.05) is 6.08 Å². The number of allylic oxidation sites excluding steroid dienone is 1. The molecular weight excluding hydrogens is 232 g/mol. The van der Waals surface area contributed by atoms with Gasteiger partial charge in [0.15, 0.2) is 0 Å². The monoisotopic (exact) mass is 262 g/mol. The third-order valence-corrected chi connectivity index (χ3v) is 5.62.